The number of halogens is 1. The van der Waals surface area contributed by atoms with Crippen molar-refractivity contribution in [3.8, 4) is 0 Å². The lowest BCUT2D eigenvalue weighted by Gasteiger charge is -1.94. The van der Waals surface area contributed by atoms with Crippen molar-refractivity contribution in [2.45, 2.75) is 6.42 Å². The lowest BCUT2D eigenvalue weighted by atomic mass is 10.3. The summed E-state index contributed by atoms with van der Waals surface area (Å²) in [6, 6.07) is 0. The molecule has 0 fully saturated rings. The number of carbonyl (C=O) groups is 2. The summed E-state index contributed by atoms with van der Waals surface area (Å²) in [4.78, 5) is 25.6. The van der Waals surface area contributed by atoms with Crippen molar-refractivity contribution in [2.24, 2.45) is 0 Å². The molecule has 1 aromatic rings. The van der Waals surface area contributed by atoms with Gasteiger partial charge in [0.2, 0.25) is 0 Å². The van der Waals surface area contributed by atoms with Crippen LogP contribution in [0.3, 0.4) is 0 Å². The van der Waals surface area contributed by atoms with E-state index in [-0.39, 0.29) is 16.6 Å². The number of hydrogen-bond donors (Lipinski definition) is 0. The molecule has 70 valence electrons. The molecule has 0 aliphatic rings. The fourth-order valence-electron chi connectivity index (χ4n) is 0.756. The third-order valence-electron chi connectivity index (χ3n) is 1.35. The summed E-state index contributed by atoms with van der Waals surface area (Å²) < 4.78 is 4.69. The van der Waals surface area contributed by atoms with Crippen molar-refractivity contribution in [3.05, 3.63) is 15.0 Å². The highest BCUT2D eigenvalue weighted by molar-refractivity contribution is 7.16. The minimum Gasteiger partial charge on any atom is -0.469 e. The number of hydrogen-bond acceptors (Lipinski definition) is 5. The molecule has 0 saturated carbocycles. The number of thiazole rings is 1. The maximum atomic E-state index is 10.9. The van der Waals surface area contributed by atoms with E-state index in [9.17, 15) is 9.59 Å². The Labute approximate surface area is 83.5 Å². The third-order valence-corrected chi connectivity index (χ3v) is 2.52. The van der Waals surface area contributed by atoms with E-state index in [1.807, 2.05) is 0 Å². The van der Waals surface area contributed by atoms with Crippen LogP contribution < -0.4 is 0 Å². The molecule has 0 N–H and O–H groups in total. The van der Waals surface area contributed by atoms with Gasteiger partial charge in [0.25, 0.3) is 0 Å². The van der Waals surface area contributed by atoms with Crippen LogP contribution in [0.25, 0.3) is 0 Å². The molecule has 0 spiro atoms. The summed E-state index contributed by atoms with van der Waals surface area (Å²) in [5, 5.41) is 0. The fraction of sp³-hybridized carbons (Fsp3) is 0.286. The first kappa shape index (κ1) is 10.1. The molecule has 0 aliphatic heterocycles. The van der Waals surface area contributed by atoms with Gasteiger partial charge in [-0.2, -0.15) is 0 Å². The Morgan fingerprint density at radius 3 is 3.00 bits per heavy atom. The molecule has 0 unspecified atom stereocenters. The van der Waals surface area contributed by atoms with Crippen molar-refractivity contribution >= 4 is 35.2 Å². The largest absolute Gasteiger partial charge is 0.469 e. The maximum Gasteiger partial charge on any atom is 0.310 e. The molecule has 1 heterocycles. The monoisotopic (exact) mass is 219 g/mol. The summed E-state index contributed by atoms with van der Waals surface area (Å²) in [6.07, 6.45) is 0.607. The Balaban J connectivity index is 2.86. The molecule has 0 amide bonds. The van der Waals surface area contributed by atoms with E-state index < -0.39 is 5.97 Å². The van der Waals surface area contributed by atoms with Gasteiger partial charge in [0.1, 0.15) is 5.69 Å². The first-order chi connectivity index (χ1) is 6.17. The van der Waals surface area contributed by atoms with E-state index in [1.165, 1.54) is 7.11 Å². The molecular formula is C7H6ClNO3S. The minimum absolute atomic E-state index is 0.0367. The van der Waals surface area contributed by atoms with Gasteiger partial charge >= 0.3 is 5.97 Å². The predicted molar refractivity (Wildman–Crippen MR) is 48.2 cm³/mol. The second kappa shape index (κ2) is 4.34. The minimum atomic E-state index is -0.414. The lowest BCUT2D eigenvalue weighted by Crippen LogP contribution is -2.04. The molecule has 0 radical (unpaired) electrons. The summed E-state index contributed by atoms with van der Waals surface area (Å²) in [6.45, 7) is 0. The Morgan fingerprint density at radius 2 is 2.46 bits per heavy atom. The predicted octanol–water partition coefficient (Wildman–Crippen LogP) is 1.32. The van der Waals surface area contributed by atoms with Gasteiger partial charge < -0.3 is 4.74 Å². The number of esters is 1. The molecule has 0 bridgehead atoms. The molecule has 4 nitrogen and oxygen atoms in total. The summed E-state index contributed by atoms with van der Waals surface area (Å²) in [5.41, 5.74) is 0.209. The maximum absolute atomic E-state index is 10.9. The van der Waals surface area contributed by atoms with Crippen molar-refractivity contribution < 1.29 is 14.3 Å². The normalized spacial score (nSPS) is 9.69. The molecule has 1 rings (SSSR count). The Bertz CT molecular complexity index is 336. The number of rotatable bonds is 3. The van der Waals surface area contributed by atoms with Gasteiger partial charge in [0.15, 0.2) is 10.8 Å². The molecule has 6 heteroatoms. The number of aromatic nitrogens is 1. The number of ether oxygens (including phenoxy) is 1. The average Bonchev–Trinajstić information content (AvgIpc) is 2.46. The zero-order chi connectivity index (χ0) is 9.84. The van der Waals surface area contributed by atoms with Gasteiger partial charge in [-0.3, -0.25) is 9.59 Å². The molecule has 13 heavy (non-hydrogen) atoms. The van der Waals surface area contributed by atoms with Crippen LogP contribution in [0.2, 0.25) is 4.47 Å². The van der Waals surface area contributed by atoms with Crippen LogP contribution in [-0.4, -0.2) is 24.3 Å². The molecule has 1 aromatic heterocycles. The smallest absolute Gasteiger partial charge is 0.310 e. The summed E-state index contributed by atoms with van der Waals surface area (Å²) in [7, 11) is 1.28. The van der Waals surface area contributed by atoms with Crippen LogP contribution in [0.4, 0.5) is 0 Å². The highest BCUT2D eigenvalue weighted by atomic mass is 35.5. The highest BCUT2D eigenvalue weighted by Gasteiger charge is 2.13. The lowest BCUT2D eigenvalue weighted by molar-refractivity contribution is -0.139. The van der Waals surface area contributed by atoms with E-state index in [0.717, 1.165) is 11.3 Å². The van der Waals surface area contributed by atoms with Crippen LogP contribution in [-0.2, 0) is 16.0 Å². The number of aldehydes is 1. The second-order valence-electron chi connectivity index (χ2n) is 2.15. The Hall–Kier alpha value is -0.940. The summed E-state index contributed by atoms with van der Waals surface area (Å²) >= 11 is 6.67. The topological polar surface area (TPSA) is 56.3 Å². The van der Waals surface area contributed by atoms with E-state index in [0.29, 0.717) is 11.2 Å². The second-order valence-corrected chi connectivity index (χ2v) is 3.81. The number of nitrogens with zero attached hydrogens (tertiary/aromatic N) is 1. The van der Waals surface area contributed by atoms with Gasteiger partial charge in [-0.15, -0.1) is 11.3 Å². The molecular weight excluding hydrogens is 214 g/mol. The standard InChI is InChI=1S/C7H6ClNO3S/c1-12-6(11)2-5-4(3-10)9-7(8)13-5/h3H,2H2,1H3. The first-order valence-electron chi connectivity index (χ1n) is 3.34. The quantitative estimate of drug-likeness (QED) is 0.569. The average molecular weight is 220 g/mol. The van der Waals surface area contributed by atoms with Crippen molar-refractivity contribution in [1.29, 1.82) is 0 Å². The zero-order valence-corrected chi connectivity index (χ0v) is 8.32. The van der Waals surface area contributed by atoms with Gasteiger partial charge in [0.05, 0.1) is 13.5 Å². The van der Waals surface area contributed by atoms with E-state index in [4.69, 9.17) is 11.6 Å². The van der Waals surface area contributed by atoms with Gasteiger partial charge in [-0.1, -0.05) is 11.6 Å². The Kier molecular flexibility index (Phi) is 3.39. The highest BCUT2D eigenvalue weighted by Crippen LogP contribution is 2.22. The summed E-state index contributed by atoms with van der Waals surface area (Å²) in [5.74, 6) is -0.414. The zero-order valence-electron chi connectivity index (χ0n) is 6.74. The van der Waals surface area contributed by atoms with Gasteiger partial charge in [-0.05, 0) is 0 Å². The van der Waals surface area contributed by atoms with Crippen LogP contribution >= 0.6 is 22.9 Å². The van der Waals surface area contributed by atoms with Crippen LogP contribution in [0.1, 0.15) is 15.4 Å². The van der Waals surface area contributed by atoms with Gasteiger partial charge in [-0.25, -0.2) is 4.98 Å². The fourth-order valence-corrected chi connectivity index (χ4v) is 1.86. The molecule has 0 aliphatic carbocycles. The van der Waals surface area contributed by atoms with E-state index in [2.05, 4.69) is 9.72 Å². The van der Waals surface area contributed by atoms with Gasteiger partial charge in [0, 0.05) is 4.88 Å². The van der Waals surface area contributed by atoms with E-state index >= 15 is 0 Å². The molecule has 0 aromatic carbocycles. The van der Waals surface area contributed by atoms with Crippen molar-refractivity contribution in [2.75, 3.05) is 7.11 Å². The SMILES string of the molecule is COC(=O)Cc1sc(Cl)nc1C=O. The van der Waals surface area contributed by atoms with Crippen LogP contribution in [0.5, 0.6) is 0 Å². The number of methoxy groups -OCH3 is 1. The Morgan fingerprint density at radius 1 is 1.77 bits per heavy atom. The van der Waals surface area contributed by atoms with Crippen LogP contribution in [0.15, 0.2) is 0 Å². The number of carbonyl (C=O) groups excluding carboxylic acids is 2. The molecule has 0 atom stereocenters. The third kappa shape index (κ3) is 2.50. The van der Waals surface area contributed by atoms with E-state index in [1.54, 1.807) is 0 Å². The van der Waals surface area contributed by atoms with Crippen molar-refractivity contribution in [3.63, 3.8) is 0 Å². The van der Waals surface area contributed by atoms with Crippen LogP contribution in [0, 0.1) is 0 Å². The van der Waals surface area contributed by atoms with Crippen molar-refractivity contribution in [1.82, 2.24) is 4.98 Å². The first-order valence-corrected chi connectivity index (χ1v) is 4.54. The molecule has 0 saturated heterocycles.